The van der Waals surface area contributed by atoms with Gasteiger partial charge in [0.1, 0.15) is 0 Å². The van der Waals surface area contributed by atoms with E-state index in [1.807, 2.05) is 0 Å². The van der Waals surface area contributed by atoms with Crippen LogP contribution in [0.25, 0.3) is 0 Å². The third kappa shape index (κ3) is 1.54. The number of rotatable bonds is 2. The van der Waals surface area contributed by atoms with E-state index in [9.17, 15) is 4.79 Å². The van der Waals surface area contributed by atoms with E-state index in [1.54, 1.807) is 12.4 Å². The zero-order valence-corrected chi connectivity index (χ0v) is 8.57. The largest absolute Gasteiger partial charge is 0.362 e. The Labute approximate surface area is 88.1 Å². The van der Waals surface area contributed by atoms with Crippen molar-refractivity contribution >= 4 is 5.82 Å². The van der Waals surface area contributed by atoms with Crippen molar-refractivity contribution in [1.29, 1.82) is 0 Å². The van der Waals surface area contributed by atoms with Crippen molar-refractivity contribution < 1.29 is 0 Å². The summed E-state index contributed by atoms with van der Waals surface area (Å²) in [5, 5.41) is 3.29. The van der Waals surface area contributed by atoms with Gasteiger partial charge in [-0.3, -0.25) is 4.79 Å². The molecule has 2 saturated carbocycles. The summed E-state index contributed by atoms with van der Waals surface area (Å²) in [6.07, 6.45) is 8.42. The van der Waals surface area contributed by atoms with E-state index in [1.165, 1.54) is 25.7 Å². The number of aromatic amines is 1. The highest BCUT2D eigenvalue weighted by molar-refractivity contribution is 5.32. The summed E-state index contributed by atoms with van der Waals surface area (Å²) in [6.45, 7) is 0. The lowest BCUT2D eigenvalue weighted by Gasteiger charge is -2.22. The Kier molecular flexibility index (Phi) is 2.01. The minimum Gasteiger partial charge on any atom is -0.362 e. The molecule has 3 unspecified atom stereocenters. The van der Waals surface area contributed by atoms with Crippen molar-refractivity contribution in [1.82, 2.24) is 9.97 Å². The minimum atomic E-state index is -0.111. The normalized spacial score (nSPS) is 33.2. The molecular formula is C11H15N3O. The van der Waals surface area contributed by atoms with E-state index in [-0.39, 0.29) is 5.56 Å². The molecule has 2 N–H and O–H groups in total. The lowest BCUT2D eigenvalue weighted by molar-refractivity contribution is 0.438. The second kappa shape index (κ2) is 3.36. The number of fused-ring (bicyclic) bond motifs is 2. The molecule has 0 aliphatic heterocycles. The number of nitrogens with one attached hydrogen (secondary N) is 2. The zero-order chi connectivity index (χ0) is 10.3. The van der Waals surface area contributed by atoms with Crippen molar-refractivity contribution in [3.63, 3.8) is 0 Å². The number of hydrogen-bond acceptors (Lipinski definition) is 3. The van der Waals surface area contributed by atoms with Crippen LogP contribution in [0.15, 0.2) is 17.2 Å². The second-order valence-corrected chi connectivity index (χ2v) is 4.69. The molecule has 0 amide bonds. The summed E-state index contributed by atoms with van der Waals surface area (Å²) in [6, 6.07) is 0.472. The number of anilines is 1. The molecule has 4 heteroatoms. The standard InChI is InChI=1S/C11H15N3O/c15-11-10(12-3-4-13-11)14-9-6-7-1-2-8(9)5-7/h3-4,7-9H,1-2,5-6H2,(H,12,14)(H,13,15). The van der Waals surface area contributed by atoms with E-state index in [0.717, 1.165) is 11.8 Å². The van der Waals surface area contributed by atoms with E-state index in [0.29, 0.717) is 11.9 Å². The molecule has 0 saturated heterocycles. The van der Waals surface area contributed by atoms with Gasteiger partial charge in [0.15, 0.2) is 5.82 Å². The van der Waals surface area contributed by atoms with Gasteiger partial charge >= 0.3 is 0 Å². The van der Waals surface area contributed by atoms with Crippen molar-refractivity contribution in [2.75, 3.05) is 5.32 Å². The summed E-state index contributed by atoms with van der Waals surface area (Å²) in [5.74, 6) is 2.13. The SMILES string of the molecule is O=c1[nH]ccnc1NC1CC2CCC1C2. The first kappa shape index (κ1) is 8.95. The van der Waals surface area contributed by atoms with Gasteiger partial charge in [-0.25, -0.2) is 4.98 Å². The minimum absolute atomic E-state index is 0.111. The summed E-state index contributed by atoms with van der Waals surface area (Å²) in [7, 11) is 0. The Bertz CT molecular complexity index is 414. The fourth-order valence-electron chi connectivity index (χ4n) is 3.05. The maximum absolute atomic E-state index is 11.4. The Morgan fingerprint density at radius 2 is 2.33 bits per heavy atom. The van der Waals surface area contributed by atoms with Gasteiger partial charge in [-0.15, -0.1) is 0 Å². The van der Waals surface area contributed by atoms with Crippen molar-refractivity contribution in [3.8, 4) is 0 Å². The molecule has 80 valence electrons. The Balaban J connectivity index is 1.76. The maximum atomic E-state index is 11.4. The third-order valence-corrected chi connectivity index (χ3v) is 3.77. The summed E-state index contributed by atoms with van der Waals surface area (Å²) in [4.78, 5) is 18.1. The Hall–Kier alpha value is -1.32. The van der Waals surface area contributed by atoms with Crippen LogP contribution in [0.4, 0.5) is 5.82 Å². The molecule has 0 radical (unpaired) electrons. The first-order chi connectivity index (χ1) is 7.33. The van der Waals surface area contributed by atoms with Crippen LogP contribution in [0.5, 0.6) is 0 Å². The molecular weight excluding hydrogens is 190 g/mol. The molecule has 15 heavy (non-hydrogen) atoms. The van der Waals surface area contributed by atoms with Crippen LogP contribution < -0.4 is 10.9 Å². The van der Waals surface area contributed by atoms with Crippen molar-refractivity contribution in [3.05, 3.63) is 22.7 Å². The van der Waals surface area contributed by atoms with Crippen LogP contribution in [0, 0.1) is 11.8 Å². The Morgan fingerprint density at radius 3 is 3.00 bits per heavy atom. The third-order valence-electron chi connectivity index (χ3n) is 3.77. The summed E-state index contributed by atoms with van der Waals surface area (Å²) < 4.78 is 0. The maximum Gasteiger partial charge on any atom is 0.290 e. The number of hydrogen-bond donors (Lipinski definition) is 2. The Morgan fingerprint density at radius 1 is 1.40 bits per heavy atom. The average molecular weight is 205 g/mol. The monoisotopic (exact) mass is 205 g/mol. The highest BCUT2D eigenvalue weighted by atomic mass is 16.1. The molecule has 1 heterocycles. The fourth-order valence-corrected chi connectivity index (χ4v) is 3.05. The lowest BCUT2D eigenvalue weighted by atomic mass is 9.95. The van der Waals surface area contributed by atoms with Crippen LogP contribution in [-0.4, -0.2) is 16.0 Å². The zero-order valence-electron chi connectivity index (χ0n) is 8.57. The molecule has 2 aliphatic carbocycles. The van der Waals surface area contributed by atoms with E-state index in [4.69, 9.17) is 0 Å². The smallest absolute Gasteiger partial charge is 0.290 e. The molecule has 3 atom stereocenters. The average Bonchev–Trinajstić information content (AvgIpc) is 2.83. The summed E-state index contributed by atoms with van der Waals surface area (Å²) in [5.41, 5.74) is -0.111. The first-order valence-corrected chi connectivity index (χ1v) is 5.63. The van der Waals surface area contributed by atoms with Gasteiger partial charge < -0.3 is 10.3 Å². The molecule has 1 aromatic heterocycles. The highest BCUT2D eigenvalue weighted by Gasteiger charge is 2.39. The molecule has 4 nitrogen and oxygen atoms in total. The van der Waals surface area contributed by atoms with Gasteiger partial charge in [-0.05, 0) is 31.1 Å². The number of nitrogens with zero attached hydrogens (tertiary/aromatic N) is 1. The van der Waals surface area contributed by atoms with E-state index in [2.05, 4.69) is 15.3 Å². The topological polar surface area (TPSA) is 57.8 Å². The molecule has 2 aliphatic rings. The molecule has 3 rings (SSSR count). The fraction of sp³-hybridized carbons (Fsp3) is 0.636. The molecule has 2 fully saturated rings. The van der Waals surface area contributed by atoms with Gasteiger partial charge in [0, 0.05) is 18.4 Å². The first-order valence-electron chi connectivity index (χ1n) is 5.63. The van der Waals surface area contributed by atoms with Crippen LogP contribution in [0.3, 0.4) is 0 Å². The molecule has 0 spiro atoms. The van der Waals surface area contributed by atoms with Crippen LogP contribution in [-0.2, 0) is 0 Å². The van der Waals surface area contributed by atoms with Crippen LogP contribution >= 0.6 is 0 Å². The van der Waals surface area contributed by atoms with Crippen molar-refractivity contribution in [2.45, 2.75) is 31.7 Å². The quantitative estimate of drug-likeness (QED) is 0.766. The summed E-state index contributed by atoms with van der Waals surface area (Å²) >= 11 is 0. The van der Waals surface area contributed by atoms with Crippen LogP contribution in [0.1, 0.15) is 25.7 Å². The van der Waals surface area contributed by atoms with Crippen LogP contribution in [0.2, 0.25) is 0 Å². The van der Waals surface area contributed by atoms with E-state index < -0.39 is 0 Å². The predicted octanol–water partition coefficient (Wildman–Crippen LogP) is 1.37. The number of H-pyrrole nitrogens is 1. The predicted molar refractivity (Wildman–Crippen MR) is 57.7 cm³/mol. The van der Waals surface area contributed by atoms with Gasteiger partial charge in [0.2, 0.25) is 0 Å². The number of aromatic nitrogens is 2. The van der Waals surface area contributed by atoms with E-state index >= 15 is 0 Å². The molecule has 2 bridgehead atoms. The lowest BCUT2D eigenvalue weighted by Crippen LogP contribution is -2.29. The molecule has 1 aromatic rings. The van der Waals surface area contributed by atoms with Gasteiger partial charge in [-0.2, -0.15) is 0 Å². The van der Waals surface area contributed by atoms with Crippen molar-refractivity contribution in [2.24, 2.45) is 11.8 Å². The highest BCUT2D eigenvalue weighted by Crippen LogP contribution is 2.45. The second-order valence-electron chi connectivity index (χ2n) is 4.69. The van der Waals surface area contributed by atoms with Gasteiger partial charge in [-0.1, -0.05) is 6.42 Å². The molecule has 0 aromatic carbocycles. The van der Waals surface area contributed by atoms with Gasteiger partial charge in [0.25, 0.3) is 5.56 Å². The van der Waals surface area contributed by atoms with Gasteiger partial charge in [0.05, 0.1) is 0 Å².